The number of pyridine rings is 1. The molecule has 0 unspecified atom stereocenters. The number of rotatable bonds is 0. The van der Waals surface area contributed by atoms with Gasteiger partial charge in [0.25, 0.3) is 5.56 Å². The zero-order chi connectivity index (χ0) is 12.0. The summed E-state index contributed by atoms with van der Waals surface area (Å²) in [6, 6.07) is 7.45. The van der Waals surface area contributed by atoms with Crippen LogP contribution in [-0.2, 0) is 0 Å². The normalized spacial score (nSPS) is 10.8. The van der Waals surface area contributed by atoms with Crippen molar-refractivity contribution in [2.24, 2.45) is 0 Å². The molecule has 0 bridgehead atoms. The minimum absolute atomic E-state index is 0.0599. The largest absolute Gasteiger partial charge is 0.321 e. The Kier molecular flexibility index (Phi) is 2.03. The van der Waals surface area contributed by atoms with Gasteiger partial charge in [-0.2, -0.15) is 5.26 Å². The van der Waals surface area contributed by atoms with Gasteiger partial charge >= 0.3 is 0 Å². The lowest BCUT2D eigenvalue weighted by atomic mass is 10.1. The van der Waals surface area contributed by atoms with Crippen molar-refractivity contribution < 1.29 is 0 Å². The summed E-state index contributed by atoms with van der Waals surface area (Å²) >= 11 is 1.44. The van der Waals surface area contributed by atoms with Gasteiger partial charge in [0.05, 0.1) is 11.6 Å². The van der Waals surface area contributed by atoms with Crippen LogP contribution in [0.4, 0.5) is 0 Å². The molecule has 0 radical (unpaired) electrons. The summed E-state index contributed by atoms with van der Waals surface area (Å²) in [6.07, 6.45) is 0. The molecule has 0 aliphatic rings. The van der Waals surface area contributed by atoms with Crippen LogP contribution in [-0.4, -0.2) is 4.98 Å². The fourth-order valence-electron chi connectivity index (χ4n) is 2.05. The second kappa shape index (κ2) is 3.44. The first-order valence-electron chi connectivity index (χ1n) is 5.14. The Balaban J connectivity index is 2.65. The van der Waals surface area contributed by atoms with Crippen LogP contribution in [0.15, 0.2) is 28.4 Å². The molecule has 0 fully saturated rings. The molecule has 0 atom stereocenters. The predicted octanol–water partition coefficient (Wildman–Crippen LogP) is 2.92. The van der Waals surface area contributed by atoms with Gasteiger partial charge in [-0.1, -0.05) is 0 Å². The van der Waals surface area contributed by atoms with Gasteiger partial charge in [-0.15, -0.1) is 11.3 Å². The number of nitrogens with zero attached hydrogens (tertiary/aromatic N) is 1. The molecule has 0 saturated heterocycles. The van der Waals surface area contributed by atoms with Gasteiger partial charge in [0.1, 0.15) is 4.70 Å². The number of aromatic amines is 1. The number of H-pyrrole nitrogens is 1. The van der Waals surface area contributed by atoms with E-state index in [4.69, 9.17) is 5.26 Å². The molecule has 0 aliphatic heterocycles. The van der Waals surface area contributed by atoms with Gasteiger partial charge in [-0.25, -0.2) is 0 Å². The Morgan fingerprint density at radius 3 is 3.00 bits per heavy atom. The van der Waals surface area contributed by atoms with E-state index in [0.29, 0.717) is 5.56 Å². The third-order valence-corrected chi connectivity index (χ3v) is 3.94. The molecule has 3 nitrogen and oxygen atoms in total. The topological polar surface area (TPSA) is 56.6 Å². The van der Waals surface area contributed by atoms with Crippen molar-refractivity contribution in [1.29, 1.82) is 5.26 Å². The SMILES string of the molecule is Cc1csc2c(=O)[nH]c3ccc(C#N)cc3c12. The summed E-state index contributed by atoms with van der Waals surface area (Å²) < 4.78 is 0.727. The van der Waals surface area contributed by atoms with E-state index in [1.807, 2.05) is 18.4 Å². The molecule has 82 valence electrons. The summed E-state index contributed by atoms with van der Waals surface area (Å²) in [5.74, 6) is 0. The highest BCUT2D eigenvalue weighted by Gasteiger charge is 2.09. The Morgan fingerprint density at radius 1 is 1.41 bits per heavy atom. The number of hydrogen-bond donors (Lipinski definition) is 1. The average molecular weight is 240 g/mol. The zero-order valence-electron chi connectivity index (χ0n) is 9.07. The van der Waals surface area contributed by atoms with Crippen molar-refractivity contribution in [3.63, 3.8) is 0 Å². The van der Waals surface area contributed by atoms with E-state index >= 15 is 0 Å². The first-order valence-corrected chi connectivity index (χ1v) is 6.02. The van der Waals surface area contributed by atoms with Crippen molar-refractivity contribution in [2.45, 2.75) is 6.92 Å². The van der Waals surface area contributed by atoms with Gasteiger partial charge in [-0.3, -0.25) is 4.79 Å². The number of thiophene rings is 1. The van der Waals surface area contributed by atoms with Gasteiger partial charge in [0, 0.05) is 16.3 Å². The van der Waals surface area contributed by atoms with E-state index in [9.17, 15) is 4.79 Å². The zero-order valence-corrected chi connectivity index (χ0v) is 9.89. The number of aryl methyl sites for hydroxylation is 1. The number of fused-ring (bicyclic) bond motifs is 3. The molecule has 3 rings (SSSR count). The summed E-state index contributed by atoms with van der Waals surface area (Å²) in [5, 5.41) is 12.8. The lowest BCUT2D eigenvalue weighted by Crippen LogP contribution is -2.04. The van der Waals surface area contributed by atoms with Crippen LogP contribution >= 0.6 is 11.3 Å². The molecule has 3 aromatic rings. The molecule has 1 aromatic carbocycles. The highest BCUT2D eigenvalue weighted by atomic mass is 32.1. The van der Waals surface area contributed by atoms with Gasteiger partial charge in [0.2, 0.25) is 0 Å². The van der Waals surface area contributed by atoms with E-state index in [2.05, 4.69) is 11.1 Å². The maximum Gasteiger partial charge on any atom is 0.266 e. The van der Waals surface area contributed by atoms with Crippen LogP contribution in [0.1, 0.15) is 11.1 Å². The molecule has 0 spiro atoms. The summed E-state index contributed by atoms with van der Waals surface area (Å²) in [5.41, 5.74) is 2.41. The summed E-state index contributed by atoms with van der Waals surface area (Å²) in [6.45, 7) is 1.98. The Labute approximate surface area is 101 Å². The second-order valence-electron chi connectivity index (χ2n) is 3.95. The Morgan fingerprint density at radius 2 is 2.24 bits per heavy atom. The summed E-state index contributed by atoms with van der Waals surface area (Å²) in [4.78, 5) is 14.7. The predicted molar refractivity (Wildman–Crippen MR) is 69.4 cm³/mol. The standard InChI is InChI=1S/C13H8N2OS/c1-7-6-17-12-11(7)9-4-8(5-14)2-3-10(9)15-13(12)16/h2-4,6H,1H3,(H,15,16). The smallest absolute Gasteiger partial charge is 0.266 e. The molecule has 2 heterocycles. The number of nitrogens with one attached hydrogen (secondary N) is 1. The van der Waals surface area contributed by atoms with Crippen LogP contribution in [0.2, 0.25) is 0 Å². The second-order valence-corrected chi connectivity index (χ2v) is 4.83. The maximum absolute atomic E-state index is 11.9. The van der Waals surface area contributed by atoms with Crippen molar-refractivity contribution in [3.05, 3.63) is 45.1 Å². The van der Waals surface area contributed by atoms with E-state index in [0.717, 1.165) is 26.6 Å². The van der Waals surface area contributed by atoms with E-state index in [1.165, 1.54) is 11.3 Å². The lowest BCUT2D eigenvalue weighted by Gasteiger charge is -2.01. The van der Waals surface area contributed by atoms with Gasteiger partial charge in [-0.05, 0) is 36.1 Å². The fraction of sp³-hybridized carbons (Fsp3) is 0.0769. The average Bonchev–Trinajstić information content (AvgIpc) is 2.72. The molecule has 1 N–H and O–H groups in total. The molecule has 17 heavy (non-hydrogen) atoms. The number of aromatic nitrogens is 1. The molecular formula is C13H8N2OS. The molecule has 0 aliphatic carbocycles. The monoisotopic (exact) mass is 240 g/mol. The maximum atomic E-state index is 11.9. The van der Waals surface area contributed by atoms with Crippen LogP contribution in [0.5, 0.6) is 0 Å². The molecule has 0 amide bonds. The van der Waals surface area contributed by atoms with Crippen molar-refractivity contribution in [2.75, 3.05) is 0 Å². The highest BCUT2D eigenvalue weighted by Crippen LogP contribution is 2.29. The first kappa shape index (κ1) is 10.1. The number of nitriles is 1. The molecule has 2 aromatic heterocycles. The van der Waals surface area contributed by atoms with Crippen molar-refractivity contribution in [1.82, 2.24) is 4.98 Å². The Bertz CT molecular complexity index is 836. The van der Waals surface area contributed by atoms with Crippen LogP contribution in [0, 0.1) is 18.3 Å². The van der Waals surface area contributed by atoms with Crippen LogP contribution < -0.4 is 5.56 Å². The van der Waals surface area contributed by atoms with Crippen molar-refractivity contribution in [3.8, 4) is 6.07 Å². The van der Waals surface area contributed by atoms with Gasteiger partial charge in [0.15, 0.2) is 0 Å². The molecule has 0 saturated carbocycles. The molecular weight excluding hydrogens is 232 g/mol. The quantitative estimate of drug-likeness (QED) is 0.656. The number of hydrogen-bond acceptors (Lipinski definition) is 3. The lowest BCUT2D eigenvalue weighted by molar-refractivity contribution is 1.35. The van der Waals surface area contributed by atoms with Crippen molar-refractivity contribution >= 4 is 32.3 Å². The van der Waals surface area contributed by atoms with E-state index < -0.39 is 0 Å². The fourth-order valence-corrected chi connectivity index (χ4v) is 3.01. The van der Waals surface area contributed by atoms with Crippen LogP contribution in [0.3, 0.4) is 0 Å². The first-order chi connectivity index (χ1) is 8.20. The van der Waals surface area contributed by atoms with E-state index in [1.54, 1.807) is 12.1 Å². The summed E-state index contributed by atoms with van der Waals surface area (Å²) in [7, 11) is 0. The minimum Gasteiger partial charge on any atom is -0.321 e. The highest BCUT2D eigenvalue weighted by molar-refractivity contribution is 7.17. The third kappa shape index (κ3) is 1.37. The van der Waals surface area contributed by atoms with E-state index in [-0.39, 0.29) is 5.56 Å². The minimum atomic E-state index is -0.0599. The van der Waals surface area contributed by atoms with Gasteiger partial charge < -0.3 is 4.98 Å². The van der Waals surface area contributed by atoms with Crippen LogP contribution in [0.25, 0.3) is 21.0 Å². The molecule has 4 heteroatoms. The third-order valence-electron chi connectivity index (χ3n) is 2.85. The number of benzene rings is 1. The Hall–Kier alpha value is -2.12.